The Bertz CT molecular complexity index is 403. The van der Waals surface area contributed by atoms with Crippen LogP contribution in [0.3, 0.4) is 0 Å². The molecule has 3 N–H and O–H groups in total. The van der Waals surface area contributed by atoms with Crippen molar-refractivity contribution in [1.82, 2.24) is 10.2 Å². The van der Waals surface area contributed by atoms with E-state index < -0.39 is 29.7 Å². The summed E-state index contributed by atoms with van der Waals surface area (Å²) in [4.78, 5) is 36.5. The first-order valence-corrected chi connectivity index (χ1v) is 6.71. The summed E-state index contributed by atoms with van der Waals surface area (Å²) in [6, 6.07) is -1.34. The van der Waals surface area contributed by atoms with Gasteiger partial charge in [0.1, 0.15) is 17.7 Å². The number of amides is 3. The average molecular weight is 285 g/mol. The Morgan fingerprint density at radius 1 is 1.35 bits per heavy atom. The number of ether oxygens (including phenoxy) is 1. The SMILES string of the molecule is CC(NC(=O)OC(C)(C)C)C(=O)N1CCCC1C(N)=O. The molecule has 1 fully saturated rings. The third-order valence-electron chi connectivity index (χ3n) is 2.97. The maximum atomic E-state index is 12.2. The molecule has 3 amide bonds. The molecule has 0 aliphatic carbocycles. The number of likely N-dealkylation sites (tertiary alicyclic amines) is 1. The molecule has 0 radical (unpaired) electrons. The van der Waals surface area contributed by atoms with Gasteiger partial charge in [-0.1, -0.05) is 0 Å². The second-order valence-electron chi connectivity index (χ2n) is 5.96. The lowest BCUT2D eigenvalue weighted by Crippen LogP contribution is -2.52. The van der Waals surface area contributed by atoms with Gasteiger partial charge in [-0.3, -0.25) is 9.59 Å². The van der Waals surface area contributed by atoms with E-state index in [1.165, 1.54) is 4.90 Å². The standard InChI is InChI=1S/C13H23N3O4/c1-8(15-12(19)20-13(2,3)4)11(18)16-7-5-6-9(16)10(14)17/h8-9H,5-7H2,1-4H3,(H2,14,17)(H,15,19). The molecule has 1 saturated heterocycles. The zero-order valence-electron chi connectivity index (χ0n) is 12.4. The van der Waals surface area contributed by atoms with Gasteiger partial charge in [-0.15, -0.1) is 0 Å². The summed E-state index contributed by atoms with van der Waals surface area (Å²) in [7, 11) is 0. The van der Waals surface area contributed by atoms with Gasteiger partial charge in [0.05, 0.1) is 0 Å². The van der Waals surface area contributed by atoms with Crippen molar-refractivity contribution in [2.75, 3.05) is 6.54 Å². The Kier molecular flexibility index (Phi) is 4.97. The number of hydrogen-bond acceptors (Lipinski definition) is 4. The average Bonchev–Trinajstić information content (AvgIpc) is 2.73. The van der Waals surface area contributed by atoms with Gasteiger partial charge >= 0.3 is 6.09 Å². The molecule has 0 spiro atoms. The van der Waals surface area contributed by atoms with E-state index in [4.69, 9.17) is 10.5 Å². The zero-order valence-corrected chi connectivity index (χ0v) is 12.4. The van der Waals surface area contributed by atoms with Gasteiger partial charge in [0.15, 0.2) is 0 Å². The Morgan fingerprint density at radius 3 is 2.45 bits per heavy atom. The van der Waals surface area contributed by atoms with Crippen LogP contribution in [0.15, 0.2) is 0 Å². The van der Waals surface area contributed by atoms with Crippen LogP contribution in [0.4, 0.5) is 4.79 Å². The summed E-state index contributed by atoms with van der Waals surface area (Å²) in [6.07, 6.45) is 0.645. The number of nitrogens with one attached hydrogen (secondary N) is 1. The highest BCUT2D eigenvalue weighted by molar-refractivity contribution is 5.91. The maximum absolute atomic E-state index is 12.2. The van der Waals surface area contributed by atoms with Crippen LogP contribution in [0.5, 0.6) is 0 Å². The van der Waals surface area contributed by atoms with Crippen molar-refractivity contribution < 1.29 is 19.1 Å². The molecule has 0 aromatic carbocycles. The minimum absolute atomic E-state index is 0.322. The lowest BCUT2D eigenvalue weighted by atomic mass is 10.2. The summed E-state index contributed by atoms with van der Waals surface area (Å²) in [6.45, 7) is 7.25. The molecule has 114 valence electrons. The van der Waals surface area contributed by atoms with Gasteiger partial charge in [-0.2, -0.15) is 0 Å². The van der Waals surface area contributed by atoms with Gasteiger partial charge in [0, 0.05) is 6.54 Å². The fraction of sp³-hybridized carbons (Fsp3) is 0.769. The molecule has 0 aromatic heterocycles. The molecule has 1 aliphatic heterocycles. The largest absolute Gasteiger partial charge is 0.444 e. The molecule has 7 nitrogen and oxygen atoms in total. The van der Waals surface area contributed by atoms with E-state index in [9.17, 15) is 14.4 Å². The smallest absolute Gasteiger partial charge is 0.408 e. The normalized spacial score (nSPS) is 20.4. The van der Waals surface area contributed by atoms with Crippen molar-refractivity contribution in [3.63, 3.8) is 0 Å². The summed E-state index contributed by atoms with van der Waals surface area (Å²) in [5.41, 5.74) is 4.64. The van der Waals surface area contributed by atoms with Crippen molar-refractivity contribution >= 4 is 17.9 Å². The van der Waals surface area contributed by atoms with E-state index in [0.717, 1.165) is 6.42 Å². The molecule has 0 aromatic rings. The second kappa shape index (κ2) is 6.11. The Labute approximate surface area is 118 Å². The van der Waals surface area contributed by atoms with Gasteiger partial charge in [0.25, 0.3) is 0 Å². The predicted octanol–water partition coefficient (Wildman–Crippen LogP) is 0.376. The number of carbonyl (C=O) groups excluding carboxylic acids is 3. The van der Waals surface area contributed by atoms with Crippen molar-refractivity contribution in [1.29, 1.82) is 0 Å². The minimum atomic E-state index is -0.759. The molecule has 20 heavy (non-hydrogen) atoms. The lowest BCUT2D eigenvalue weighted by Gasteiger charge is -2.27. The number of nitrogens with zero attached hydrogens (tertiary/aromatic N) is 1. The lowest BCUT2D eigenvalue weighted by molar-refractivity contribution is -0.138. The summed E-state index contributed by atoms with van der Waals surface area (Å²) >= 11 is 0. The predicted molar refractivity (Wildman–Crippen MR) is 72.8 cm³/mol. The van der Waals surface area contributed by atoms with Crippen LogP contribution >= 0.6 is 0 Å². The summed E-state index contributed by atoms with van der Waals surface area (Å²) in [5.74, 6) is -0.836. The molecule has 2 atom stereocenters. The number of primary amides is 1. The topological polar surface area (TPSA) is 102 Å². The number of rotatable bonds is 3. The highest BCUT2D eigenvalue weighted by Gasteiger charge is 2.35. The van der Waals surface area contributed by atoms with E-state index in [1.807, 2.05) is 0 Å². The summed E-state index contributed by atoms with van der Waals surface area (Å²) < 4.78 is 5.08. The van der Waals surface area contributed by atoms with Crippen LogP contribution in [-0.2, 0) is 14.3 Å². The maximum Gasteiger partial charge on any atom is 0.408 e. The van der Waals surface area contributed by atoms with Crippen molar-refractivity contribution in [3.05, 3.63) is 0 Å². The van der Waals surface area contributed by atoms with Crippen LogP contribution in [0.25, 0.3) is 0 Å². The fourth-order valence-electron chi connectivity index (χ4n) is 2.12. The molecule has 1 heterocycles. The molecule has 2 unspecified atom stereocenters. The molecule has 0 bridgehead atoms. The Hall–Kier alpha value is -1.79. The Morgan fingerprint density at radius 2 is 1.95 bits per heavy atom. The van der Waals surface area contributed by atoms with E-state index in [0.29, 0.717) is 13.0 Å². The molecule has 1 aliphatic rings. The van der Waals surface area contributed by atoms with Crippen LogP contribution in [0, 0.1) is 0 Å². The third kappa shape index (κ3) is 4.40. The second-order valence-corrected chi connectivity index (χ2v) is 5.96. The zero-order chi connectivity index (χ0) is 15.5. The first-order valence-electron chi connectivity index (χ1n) is 6.71. The highest BCUT2D eigenvalue weighted by atomic mass is 16.6. The number of alkyl carbamates (subject to hydrolysis) is 1. The van der Waals surface area contributed by atoms with Gasteiger partial charge < -0.3 is 20.7 Å². The molecular weight excluding hydrogens is 262 g/mol. The molecular formula is C13H23N3O4. The Balaban J connectivity index is 2.59. The van der Waals surface area contributed by atoms with Crippen LogP contribution < -0.4 is 11.1 Å². The number of nitrogens with two attached hydrogens (primary N) is 1. The van der Waals surface area contributed by atoms with Gasteiger partial charge in [0.2, 0.25) is 11.8 Å². The van der Waals surface area contributed by atoms with E-state index in [1.54, 1.807) is 27.7 Å². The summed E-state index contributed by atoms with van der Waals surface area (Å²) in [5, 5.41) is 2.47. The number of hydrogen-bond donors (Lipinski definition) is 2. The highest BCUT2D eigenvalue weighted by Crippen LogP contribution is 2.18. The van der Waals surface area contributed by atoms with Crippen LogP contribution in [0.2, 0.25) is 0 Å². The van der Waals surface area contributed by atoms with E-state index in [-0.39, 0.29) is 5.91 Å². The van der Waals surface area contributed by atoms with Gasteiger partial charge in [-0.25, -0.2) is 4.79 Å². The van der Waals surface area contributed by atoms with Crippen LogP contribution in [-0.4, -0.2) is 47.0 Å². The van der Waals surface area contributed by atoms with Gasteiger partial charge in [-0.05, 0) is 40.5 Å². The third-order valence-corrected chi connectivity index (χ3v) is 2.97. The molecule has 0 saturated carbocycles. The van der Waals surface area contributed by atoms with E-state index >= 15 is 0 Å². The monoisotopic (exact) mass is 285 g/mol. The van der Waals surface area contributed by atoms with Crippen molar-refractivity contribution in [2.45, 2.75) is 58.2 Å². The van der Waals surface area contributed by atoms with E-state index in [2.05, 4.69) is 5.32 Å². The first kappa shape index (κ1) is 16.3. The van der Waals surface area contributed by atoms with Crippen LogP contribution in [0.1, 0.15) is 40.5 Å². The minimum Gasteiger partial charge on any atom is -0.444 e. The van der Waals surface area contributed by atoms with Crippen molar-refractivity contribution in [2.24, 2.45) is 5.73 Å². The van der Waals surface area contributed by atoms with Crippen molar-refractivity contribution in [3.8, 4) is 0 Å². The fourth-order valence-corrected chi connectivity index (χ4v) is 2.12. The molecule has 7 heteroatoms. The number of carbonyl (C=O) groups is 3. The molecule has 1 rings (SSSR count). The first-order chi connectivity index (χ1) is 9.11. The quantitative estimate of drug-likeness (QED) is 0.782.